The molecule has 0 spiro atoms. The number of aromatic nitrogens is 2. The van der Waals surface area contributed by atoms with Gasteiger partial charge in [-0.3, -0.25) is 14.5 Å². The molecule has 1 saturated heterocycles. The van der Waals surface area contributed by atoms with Gasteiger partial charge < -0.3 is 20.4 Å². The van der Waals surface area contributed by atoms with E-state index in [0.717, 1.165) is 12.8 Å². The van der Waals surface area contributed by atoms with Crippen molar-refractivity contribution in [1.82, 2.24) is 30.4 Å². The lowest BCUT2D eigenvalue weighted by Gasteiger charge is -2.31. The van der Waals surface area contributed by atoms with Crippen LogP contribution in [0.4, 0.5) is 14.9 Å². The number of rotatable bonds is 7. The third-order valence-electron chi connectivity index (χ3n) is 7.80. The largest absolute Gasteiger partial charge is 0.343 e. The fraction of sp³-hybridized carbons (Fsp3) is 0.552. The van der Waals surface area contributed by atoms with Crippen LogP contribution in [0.3, 0.4) is 0 Å². The second-order valence-electron chi connectivity index (χ2n) is 11.2. The zero-order valence-electron chi connectivity index (χ0n) is 24.4. The van der Waals surface area contributed by atoms with E-state index >= 15 is 0 Å². The van der Waals surface area contributed by atoms with Gasteiger partial charge in [-0.05, 0) is 69.5 Å². The number of likely N-dealkylation sites (N-methyl/N-ethyl adjacent to an activating group) is 1. The summed E-state index contributed by atoms with van der Waals surface area (Å²) in [6.45, 7) is 8.27. The molecule has 2 aliphatic rings. The SMILES string of the molecule is CNC(C)C(=O)NC(C(=O)N1CCCC1c1cc(C2CN(C(=O)N(C)C)c3ccc(F)cc32)nc(C)n1)C(C)C. The quantitative estimate of drug-likeness (QED) is 0.546. The summed E-state index contributed by atoms with van der Waals surface area (Å²) in [7, 11) is 5.07. The molecule has 1 aromatic carbocycles. The molecule has 0 radical (unpaired) electrons. The fourth-order valence-electron chi connectivity index (χ4n) is 5.51. The van der Waals surface area contributed by atoms with Crippen molar-refractivity contribution >= 4 is 23.5 Å². The highest BCUT2D eigenvalue weighted by molar-refractivity contribution is 5.94. The van der Waals surface area contributed by atoms with E-state index in [4.69, 9.17) is 9.97 Å². The number of hydrogen-bond acceptors (Lipinski definition) is 6. The topological polar surface area (TPSA) is 111 Å². The molecule has 4 atom stereocenters. The Bertz CT molecular complexity index is 1280. The first-order chi connectivity index (χ1) is 18.9. The van der Waals surface area contributed by atoms with Crippen LogP contribution in [-0.4, -0.2) is 83.9 Å². The van der Waals surface area contributed by atoms with Gasteiger partial charge in [0.15, 0.2) is 0 Å². The summed E-state index contributed by atoms with van der Waals surface area (Å²) in [5.41, 5.74) is 2.74. The predicted octanol–water partition coefficient (Wildman–Crippen LogP) is 2.97. The number of fused-ring (bicyclic) bond motifs is 1. The van der Waals surface area contributed by atoms with Crippen molar-refractivity contribution in [3.05, 3.63) is 52.9 Å². The monoisotopic (exact) mass is 553 g/mol. The van der Waals surface area contributed by atoms with Crippen LogP contribution in [0.5, 0.6) is 0 Å². The lowest BCUT2D eigenvalue weighted by Crippen LogP contribution is -2.54. The van der Waals surface area contributed by atoms with Crippen molar-refractivity contribution in [3.63, 3.8) is 0 Å². The number of anilines is 1. The Balaban J connectivity index is 1.66. The summed E-state index contributed by atoms with van der Waals surface area (Å²) in [5.74, 6) is -0.646. The molecular weight excluding hydrogens is 513 g/mol. The van der Waals surface area contributed by atoms with Gasteiger partial charge in [0, 0.05) is 38.8 Å². The molecule has 1 aromatic heterocycles. The molecule has 4 amide bonds. The number of nitrogens with one attached hydrogen (secondary N) is 2. The smallest absolute Gasteiger partial charge is 0.323 e. The van der Waals surface area contributed by atoms with Gasteiger partial charge in [0.25, 0.3) is 0 Å². The molecule has 11 heteroatoms. The molecular formula is C29H40FN7O3. The van der Waals surface area contributed by atoms with E-state index in [-0.39, 0.29) is 41.5 Å². The molecule has 216 valence electrons. The van der Waals surface area contributed by atoms with Crippen molar-refractivity contribution in [3.8, 4) is 0 Å². The molecule has 0 bridgehead atoms. The van der Waals surface area contributed by atoms with Crippen LogP contribution in [0.2, 0.25) is 0 Å². The minimum atomic E-state index is -0.665. The highest BCUT2D eigenvalue weighted by Crippen LogP contribution is 2.41. The van der Waals surface area contributed by atoms with Crippen molar-refractivity contribution in [2.75, 3.05) is 39.1 Å². The van der Waals surface area contributed by atoms with E-state index in [0.29, 0.717) is 41.6 Å². The number of nitrogens with zero attached hydrogens (tertiary/aromatic N) is 5. The van der Waals surface area contributed by atoms with Crippen LogP contribution in [-0.2, 0) is 9.59 Å². The van der Waals surface area contributed by atoms with Crippen molar-refractivity contribution in [2.45, 2.75) is 64.6 Å². The molecule has 4 rings (SSSR count). The highest BCUT2D eigenvalue weighted by atomic mass is 19.1. The normalized spacial score (nSPS) is 19.9. The van der Waals surface area contributed by atoms with Crippen LogP contribution in [0, 0.1) is 18.7 Å². The van der Waals surface area contributed by atoms with Gasteiger partial charge in [-0.15, -0.1) is 0 Å². The average Bonchev–Trinajstić information content (AvgIpc) is 3.55. The first-order valence-electron chi connectivity index (χ1n) is 13.8. The highest BCUT2D eigenvalue weighted by Gasteiger charge is 2.39. The number of carbonyl (C=O) groups is 3. The number of hydrogen-bond donors (Lipinski definition) is 2. The molecule has 40 heavy (non-hydrogen) atoms. The van der Waals surface area contributed by atoms with Crippen molar-refractivity contribution < 1.29 is 18.8 Å². The van der Waals surface area contributed by atoms with E-state index in [1.165, 1.54) is 17.0 Å². The maximum Gasteiger partial charge on any atom is 0.323 e. The zero-order valence-corrected chi connectivity index (χ0v) is 24.4. The Morgan fingerprint density at radius 2 is 1.80 bits per heavy atom. The Labute approximate surface area is 235 Å². The first-order valence-corrected chi connectivity index (χ1v) is 13.8. The van der Waals surface area contributed by atoms with Crippen molar-refractivity contribution in [2.24, 2.45) is 5.92 Å². The number of halogens is 1. The van der Waals surface area contributed by atoms with E-state index in [1.807, 2.05) is 24.8 Å². The van der Waals surface area contributed by atoms with Gasteiger partial charge in [-0.1, -0.05) is 13.8 Å². The zero-order chi connectivity index (χ0) is 29.3. The first kappa shape index (κ1) is 29.4. The standard InChI is InChI=1S/C29H40FN7O3/c1-16(2)26(34-27(38)17(3)31-5)28(39)36-12-8-9-25(36)23-14-22(32-18(4)33-23)21-15-37(29(40)35(6)7)24-11-10-19(30)13-20(21)24/h10-11,13-14,16-17,21,25-26,31H,8-9,12,15H2,1-7H3,(H,34,38). The van der Waals surface area contributed by atoms with Gasteiger partial charge in [-0.2, -0.15) is 0 Å². The van der Waals surface area contributed by atoms with Gasteiger partial charge in [0.2, 0.25) is 11.8 Å². The lowest BCUT2D eigenvalue weighted by molar-refractivity contribution is -0.139. The Hall–Kier alpha value is -3.60. The number of likely N-dealkylation sites (tertiary alicyclic amines) is 1. The summed E-state index contributed by atoms with van der Waals surface area (Å²) in [4.78, 5) is 53.7. The maximum atomic E-state index is 14.4. The molecule has 2 N–H and O–H groups in total. The third-order valence-corrected chi connectivity index (χ3v) is 7.80. The summed E-state index contributed by atoms with van der Waals surface area (Å²) < 4.78 is 14.4. The van der Waals surface area contributed by atoms with E-state index < -0.39 is 12.1 Å². The van der Waals surface area contributed by atoms with Crippen molar-refractivity contribution in [1.29, 1.82) is 0 Å². The molecule has 4 unspecified atom stereocenters. The Morgan fingerprint density at radius 3 is 2.45 bits per heavy atom. The molecule has 3 heterocycles. The Morgan fingerprint density at radius 1 is 1.10 bits per heavy atom. The molecule has 1 fully saturated rings. The second kappa shape index (κ2) is 11.9. The summed E-state index contributed by atoms with van der Waals surface area (Å²) >= 11 is 0. The van der Waals surface area contributed by atoms with E-state index in [2.05, 4.69) is 10.6 Å². The molecule has 2 aliphatic heterocycles. The van der Waals surface area contributed by atoms with E-state index in [1.54, 1.807) is 46.0 Å². The van der Waals surface area contributed by atoms with E-state index in [9.17, 15) is 18.8 Å². The molecule has 0 aliphatic carbocycles. The number of urea groups is 1. The van der Waals surface area contributed by atoms with Crippen LogP contribution >= 0.6 is 0 Å². The average molecular weight is 554 g/mol. The molecule has 0 saturated carbocycles. The summed E-state index contributed by atoms with van der Waals surface area (Å²) in [6.07, 6.45) is 1.54. The van der Waals surface area contributed by atoms with Crippen LogP contribution in [0.15, 0.2) is 24.3 Å². The van der Waals surface area contributed by atoms with Gasteiger partial charge in [-0.25, -0.2) is 19.2 Å². The summed E-state index contributed by atoms with van der Waals surface area (Å²) in [5, 5.41) is 5.84. The van der Waals surface area contributed by atoms with Crippen LogP contribution in [0.1, 0.15) is 68.3 Å². The number of aryl methyl sites for hydroxylation is 1. The van der Waals surface area contributed by atoms with Crippen LogP contribution in [0.25, 0.3) is 0 Å². The van der Waals surface area contributed by atoms with Gasteiger partial charge in [0.1, 0.15) is 17.7 Å². The number of benzene rings is 1. The van der Waals surface area contributed by atoms with Crippen LogP contribution < -0.4 is 15.5 Å². The number of amides is 4. The Kier molecular flexibility index (Phi) is 8.72. The summed E-state index contributed by atoms with van der Waals surface area (Å²) in [6, 6.07) is 4.79. The minimum Gasteiger partial charge on any atom is -0.343 e. The molecule has 2 aromatic rings. The molecule has 10 nitrogen and oxygen atoms in total. The fourth-order valence-corrected chi connectivity index (χ4v) is 5.51. The minimum absolute atomic E-state index is 0.102. The lowest BCUT2D eigenvalue weighted by atomic mass is 9.95. The predicted molar refractivity (Wildman–Crippen MR) is 150 cm³/mol. The number of carbonyl (C=O) groups excluding carboxylic acids is 3. The van der Waals surface area contributed by atoms with Gasteiger partial charge in [0.05, 0.1) is 23.5 Å². The maximum absolute atomic E-state index is 14.4. The second-order valence-corrected chi connectivity index (χ2v) is 11.2. The third kappa shape index (κ3) is 5.79. The van der Waals surface area contributed by atoms with Gasteiger partial charge >= 0.3 is 6.03 Å².